The van der Waals surface area contributed by atoms with Crippen LogP contribution in [0.15, 0.2) is 12.1 Å². The van der Waals surface area contributed by atoms with E-state index < -0.39 is 0 Å². The number of nitrogens with one attached hydrogen (secondary N) is 1. The number of hydrogen-bond acceptors (Lipinski definition) is 5. The van der Waals surface area contributed by atoms with Crippen LogP contribution in [0.25, 0.3) is 0 Å². The SMILES string of the molecule is CCOc1nc(NCC(C)CSC)ccc1N. The highest BCUT2D eigenvalue weighted by Gasteiger charge is 2.05. The number of nitrogens with zero attached hydrogens (tertiary/aromatic N) is 1. The maximum Gasteiger partial charge on any atom is 0.239 e. The van der Waals surface area contributed by atoms with Crippen LogP contribution in [0.4, 0.5) is 11.5 Å². The lowest BCUT2D eigenvalue weighted by Gasteiger charge is -2.13. The molecular weight excluding hydrogens is 234 g/mol. The minimum Gasteiger partial charge on any atom is -0.476 e. The second-order valence-electron chi connectivity index (χ2n) is 3.97. The van der Waals surface area contributed by atoms with E-state index in [0.717, 1.165) is 18.1 Å². The van der Waals surface area contributed by atoms with Crippen LogP contribution in [0.2, 0.25) is 0 Å². The summed E-state index contributed by atoms with van der Waals surface area (Å²) in [5.41, 5.74) is 6.34. The molecule has 1 rings (SSSR count). The van der Waals surface area contributed by atoms with E-state index in [0.29, 0.717) is 24.1 Å². The molecule has 1 aromatic heterocycles. The Kier molecular flexibility index (Phi) is 5.97. The van der Waals surface area contributed by atoms with Gasteiger partial charge in [0.2, 0.25) is 5.88 Å². The Balaban J connectivity index is 2.56. The lowest BCUT2D eigenvalue weighted by atomic mass is 10.2. The third kappa shape index (κ3) is 4.73. The van der Waals surface area contributed by atoms with Crippen LogP contribution in [0.1, 0.15) is 13.8 Å². The molecule has 0 saturated carbocycles. The Morgan fingerprint density at radius 1 is 1.53 bits per heavy atom. The lowest BCUT2D eigenvalue weighted by Crippen LogP contribution is -2.14. The van der Waals surface area contributed by atoms with Crippen molar-refractivity contribution in [3.63, 3.8) is 0 Å². The summed E-state index contributed by atoms with van der Waals surface area (Å²) in [6.07, 6.45) is 2.12. The smallest absolute Gasteiger partial charge is 0.239 e. The van der Waals surface area contributed by atoms with Crippen LogP contribution in [-0.4, -0.2) is 30.1 Å². The first kappa shape index (κ1) is 14.0. The average molecular weight is 255 g/mol. The van der Waals surface area contributed by atoms with Gasteiger partial charge in [0, 0.05) is 6.54 Å². The quantitative estimate of drug-likeness (QED) is 0.784. The van der Waals surface area contributed by atoms with E-state index in [1.54, 1.807) is 0 Å². The molecule has 0 aliphatic carbocycles. The highest BCUT2D eigenvalue weighted by Crippen LogP contribution is 2.20. The van der Waals surface area contributed by atoms with Gasteiger partial charge in [0.15, 0.2) is 0 Å². The second kappa shape index (κ2) is 7.27. The number of nitrogen functional groups attached to an aromatic ring is 1. The number of hydrogen-bond donors (Lipinski definition) is 2. The van der Waals surface area contributed by atoms with Gasteiger partial charge in [0.1, 0.15) is 5.82 Å². The first-order valence-electron chi connectivity index (χ1n) is 5.79. The fourth-order valence-electron chi connectivity index (χ4n) is 1.42. The maximum absolute atomic E-state index is 5.76. The normalized spacial score (nSPS) is 12.2. The van der Waals surface area contributed by atoms with Crippen LogP contribution in [-0.2, 0) is 0 Å². The van der Waals surface area contributed by atoms with Gasteiger partial charge in [0.25, 0.3) is 0 Å². The van der Waals surface area contributed by atoms with Crippen LogP contribution in [0.5, 0.6) is 5.88 Å². The molecule has 1 heterocycles. The number of nitrogens with two attached hydrogens (primary N) is 1. The van der Waals surface area contributed by atoms with Gasteiger partial charge in [0.05, 0.1) is 12.3 Å². The van der Waals surface area contributed by atoms with Gasteiger partial charge in [-0.25, -0.2) is 0 Å². The topological polar surface area (TPSA) is 60.2 Å². The van der Waals surface area contributed by atoms with Crippen LogP contribution >= 0.6 is 11.8 Å². The molecule has 0 saturated heterocycles. The highest BCUT2D eigenvalue weighted by atomic mass is 32.2. The molecule has 1 atom stereocenters. The summed E-state index contributed by atoms with van der Waals surface area (Å²) in [6.45, 7) is 5.61. The molecule has 96 valence electrons. The molecule has 1 unspecified atom stereocenters. The zero-order valence-corrected chi connectivity index (χ0v) is 11.5. The number of aromatic nitrogens is 1. The van der Waals surface area contributed by atoms with Crippen molar-refractivity contribution in [3.05, 3.63) is 12.1 Å². The molecule has 0 fully saturated rings. The molecule has 0 spiro atoms. The highest BCUT2D eigenvalue weighted by molar-refractivity contribution is 7.98. The van der Waals surface area contributed by atoms with Crippen molar-refractivity contribution in [1.29, 1.82) is 0 Å². The number of pyridine rings is 1. The Hall–Kier alpha value is -1.10. The fourth-order valence-corrected chi connectivity index (χ4v) is 2.11. The monoisotopic (exact) mass is 255 g/mol. The number of rotatable bonds is 7. The van der Waals surface area contributed by atoms with E-state index in [9.17, 15) is 0 Å². The van der Waals surface area contributed by atoms with Crippen LogP contribution in [0.3, 0.4) is 0 Å². The molecule has 0 aliphatic heterocycles. The van der Waals surface area contributed by atoms with Gasteiger partial charge in [-0.2, -0.15) is 16.7 Å². The molecule has 3 N–H and O–H groups in total. The van der Waals surface area contributed by atoms with Crippen LogP contribution < -0.4 is 15.8 Å². The summed E-state index contributed by atoms with van der Waals surface area (Å²) in [5, 5.41) is 3.30. The predicted molar refractivity (Wildman–Crippen MR) is 75.9 cm³/mol. The average Bonchev–Trinajstić information content (AvgIpc) is 2.31. The van der Waals surface area contributed by atoms with Gasteiger partial charge < -0.3 is 15.8 Å². The largest absolute Gasteiger partial charge is 0.476 e. The summed E-state index contributed by atoms with van der Waals surface area (Å²) in [5.74, 6) is 3.07. The Morgan fingerprint density at radius 2 is 2.29 bits per heavy atom. The molecule has 1 aromatic rings. The first-order chi connectivity index (χ1) is 8.17. The summed E-state index contributed by atoms with van der Waals surface area (Å²) in [7, 11) is 0. The minimum atomic E-state index is 0.509. The molecule has 0 radical (unpaired) electrons. The van der Waals surface area contributed by atoms with Gasteiger partial charge in [-0.15, -0.1) is 0 Å². The van der Waals surface area contributed by atoms with E-state index in [1.807, 2.05) is 30.8 Å². The number of anilines is 2. The fraction of sp³-hybridized carbons (Fsp3) is 0.583. The minimum absolute atomic E-state index is 0.509. The Bertz CT molecular complexity index is 347. The van der Waals surface area contributed by atoms with E-state index in [1.165, 1.54) is 0 Å². The molecular formula is C12H21N3OS. The number of ether oxygens (including phenoxy) is 1. The van der Waals surface area contributed by atoms with Crippen molar-refractivity contribution in [2.45, 2.75) is 13.8 Å². The van der Waals surface area contributed by atoms with Crippen molar-refractivity contribution in [3.8, 4) is 5.88 Å². The maximum atomic E-state index is 5.76. The zero-order chi connectivity index (χ0) is 12.7. The molecule has 0 aromatic carbocycles. The molecule has 0 aliphatic rings. The summed E-state index contributed by atoms with van der Waals surface area (Å²) in [4.78, 5) is 4.33. The molecule has 0 amide bonds. The molecule has 17 heavy (non-hydrogen) atoms. The van der Waals surface area contributed by atoms with Crippen molar-refractivity contribution in [2.75, 3.05) is 36.2 Å². The van der Waals surface area contributed by atoms with Crippen molar-refractivity contribution < 1.29 is 4.74 Å². The van der Waals surface area contributed by atoms with Gasteiger partial charge in [-0.3, -0.25) is 0 Å². The first-order valence-corrected chi connectivity index (χ1v) is 7.18. The zero-order valence-electron chi connectivity index (χ0n) is 10.7. The standard InChI is InChI=1S/C12H21N3OS/c1-4-16-12-10(13)5-6-11(15-12)14-7-9(2)8-17-3/h5-6,9H,4,7-8,13H2,1-3H3,(H,14,15). The van der Waals surface area contributed by atoms with E-state index >= 15 is 0 Å². The lowest BCUT2D eigenvalue weighted by molar-refractivity contribution is 0.329. The van der Waals surface area contributed by atoms with E-state index in [4.69, 9.17) is 10.5 Å². The number of thioether (sulfide) groups is 1. The van der Waals surface area contributed by atoms with Crippen LogP contribution in [0, 0.1) is 5.92 Å². The van der Waals surface area contributed by atoms with Gasteiger partial charge in [-0.05, 0) is 37.0 Å². The van der Waals surface area contributed by atoms with Crippen molar-refractivity contribution >= 4 is 23.3 Å². The summed E-state index contributed by atoms with van der Waals surface area (Å²) >= 11 is 1.85. The van der Waals surface area contributed by atoms with Crippen molar-refractivity contribution in [1.82, 2.24) is 4.98 Å². The summed E-state index contributed by atoms with van der Waals surface area (Å²) in [6, 6.07) is 3.70. The Labute approximate surface area is 107 Å². The second-order valence-corrected chi connectivity index (χ2v) is 4.88. The molecule has 0 bridgehead atoms. The van der Waals surface area contributed by atoms with Gasteiger partial charge in [-0.1, -0.05) is 6.92 Å². The third-order valence-electron chi connectivity index (χ3n) is 2.25. The Morgan fingerprint density at radius 3 is 2.94 bits per heavy atom. The van der Waals surface area contributed by atoms with Crippen molar-refractivity contribution in [2.24, 2.45) is 5.92 Å². The van der Waals surface area contributed by atoms with Gasteiger partial charge >= 0.3 is 0 Å². The predicted octanol–water partition coefficient (Wildman–Crippen LogP) is 2.47. The molecule has 5 heteroatoms. The van der Waals surface area contributed by atoms with E-state index in [2.05, 4.69) is 23.5 Å². The summed E-state index contributed by atoms with van der Waals surface area (Å²) < 4.78 is 5.35. The molecule has 4 nitrogen and oxygen atoms in total. The third-order valence-corrected chi connectivity index (χ3v) is 3.16. The van der Waals surface area contributed by atoms with E-state index in [-0.39, 0.29) is 0 Å².